The molecule has 7 N–H and O–H groups in total. The van der Waals surface area contributed by atoms with Crippen LogP contribution in [0.5, 0.6) is 0 Å². The van der Waals surface area contributed by atoms with Crippen LogP contribution in [0.2, 0.25) is 0 Å². The lowest BCUT2D eigenvalue weighted by Crippen LogP contribution is -2.30. The van der Waals surface area contributed by atoms with Crippen molar-refractivity contribution in [3.8, 4) is 0 Å². The molecule has 1 aliphatic carbocycles. The van der Waals surface area contributed by atoms with E-state index in [0.29, 0.717) is 0 Å². The Hall–Kier alpha value is -2.65. The lowest BCUT2D eigenvalue weighted by atomic mass is 9.89. The number of nitrogens with zero attached hydrogens (tertiary/aromatic N) is 1. The molecule has 1 aliphatic heterocycles. The van der Waals surface area contributed by atoms with Gasteiger partial charge in [0.15, 0.2) is 0 Å². The van der Waals surface area contributed by atoms with Gasteiger partial charge in [-0.25, -0.2) is 4.79 Å². The Morgan fingerprint density at radius 1 is 1.39 bits per heavy atom. The minimum Gasteiger partial charge on any atom is -0.445 e. The van der Waals surface area contributed by atoms with Crippen LogP contribution in [-0.2, 0) is 17.9 Å². The number of nitrogens with two attached hydrogens (primary N) is 3. The summed E-state index contributed by atoms with van der Waals surface area (Å²) in [5.41, 5.74) is 17.2. The summed E-state index contributed by atoms with van der Waals surface area (Å²) in [5, 5.41) is 10.3. The average molecular weight is 320 g/mol. The molecule has 122 valence electrons. The van der Waals surface area contributed by atoms with E-state index in [1.165, 1.54) is 11.5 Å². The highest BCUT2D eigenvalue weighted by Gasteiger charge is 2.43. The standard InChI is InChI=1S/C14H16N4O5/c1-4-8(16)13(21)7-5(3-23-14(17)22)9-12(20)6(15)2-18(9)10(7)11(4)19/h6,12,20H,2-3,15-16H2,1H3,(H2,17,22)/t6-,12-/m1/s1. The largest absolute Gasteiger partial charge is 0.445 e. The highest BCUT2D eigenvalue weighted by Crippen LogP contribution is 2.39. The summed E-state index contributed by atoms with van der Waals surface area (Å²) in [6.07, 6.45) is -2.13. The van der Waals surface area contributed by atoms with Crippen molar-refractivity contribution in [2.24, 2.45) is 17.2 Å². The van der Waals surface area contributed by atoms with E-state index in [0.717, 1.165) is 0 Å². The van der Waals surface area contributed by atoms with E-state index in [9.17, 15) is 19.5 Å². The van der Waals surface area contributed by atoms with Gasteiger partial charge in [0.25, 0.3) is 0 Å². The quantitative estimate of drug-likeness (QED) is 0.546. The lowest BCUT2D eigenvalue weighted by Gasteiger charge is -2.17. The first-order chi connectivity index (χ1) is 10.8. The fourth-order valence-corrected chi connectivity index (χ4v) is 3.11. The van der Waals surface area contributed by atoms with E-state index in [2.05, 4.69) is 0 Å². The first-order valence-corrected chi connectivity index (χ1v) is 6.92. The molecule has 2 aliphatic rings. The summed E-state index contributed by atoms with van der Waals surface area (Å²) >= 11 is 0. The molecular weight excluding hydrogens is 304 g/mol. The third kappa shape index (κ3) is 1.97. The van der Waals surface area contributed by atoms with Crippen molar-refractivity contribution >= 4 is 17.7 Å². The van der Waals surface area contributed by atoms with E-state index in [1.807, 2.05) is 0 Å². The number of carbonyl (C=O) groups excluding carboxylic acids is 3. The molecule has 9 nitrogen and oxygen atoms in total. The normalized spacial score (nSPS) is 23.1. The topological polar surface area (TPSA) is 164 Å². The second kappa shape index (κ2) is 4.93. The molecule has 1 aromatic heterocycles. The van der Waals surface area contributed by atoms with Gasteiger partial charge in [-0.2, -0.15) is 0 Å². The number of primary amides is 1. The SMILES string of the molecule is CC1=C(N)C(=O)c2c(COC(N)=O)c3n(c2C1=O)C[C@@H](N)[C@H]3O. The molecule has 2 atom stereocenters. The van der Waals surface area contributed by atoms with Crippen molar-refractivity contribution in [2.45, 2.75) is 32.2 Å². The molecule has 1 aromatic rings. The van der Waals surface area contributed by atoms with Crippen LogP contribution in [-0.4, -0.2) is 33.4 Å². The molecule has 9 heteroatoms. The van der Waals surface area contributed by atoms with Crippen LogP contribution in [0.15, 0.2) is 11.3 Å². The van der Waals surface area contributed by atoms with Gasteiger partial charge in [0.2, 0.25) is 11.6 Å². The number of rotatable bonds is 2. The molecule has 3 rings (SSSR count). The molecule has 0 radical (unpaired) electrons. The number of ether oxygens (including phenoxy) is 1. The zero-order chi connectivity index (χ0) is 17.0. The van der Waals surface area contributed by atoms with Crippen LogP contribution in [0.4, 0.5) is 4.79 Å². The van der Waals surface area contributed by atoms with Crippen LogP contribution in [0.3, 0.4) is 0 Å². The predicted octanol–water partition coefficient (Wildman–Crippen LogP) is -0.931. The zero-order valence-electron chi connectivity index (χ0n) is 12.3. The van der Waals surface area contributed by atoms with Gasteiger partial charge in [0.05, 0.1) is 23.0 Å². The number of fused-ring (bicyclic) bond motifs is 3. The summed E-state index contributed by atoms with van der Waals surface area (Å²) in [4.78, 5) is 35.9. The Morgan fingerprint density at radius 2 is 2.04 bits per heavy atom. The third-order valence-electron chi connectivity index (χ3n) is 4.28. The van der Waals surface area contributed by atoms with E-state index >= 15 is 0 Å². The van der Waals surface area contributed by atoms with E-state index in [4.69, 9.17) is 21.9 Å². The first-order valence-electron chi connectivity index (χ1n) is 6.92. The second-order valence-corrected chi connectivity index (χ2v) is 5.61. The smallest absolute Gasteiger partial charge is 0.404 e. The molecule has 23 heavy (non-hydrogen) atoms. The third-order valence-corrected chi connectivity index (χ3v) is 4.28. The number of allylic oxidation sites excluding steroid dienone is 2. The molecule has 0 fully saturated rings. The minimum absolute atomic E-state index is 0.0419. The van der Waals surface area contributed by atoms with Gasteiger partial charge >= 0.3 is 6.09 Å². The number of ketones is 2. The number of carbonyl (C=O) groups is 3. The van der Waals surface area contributed by atoms with Gasteiger partial charge in [-0.15, -0.1) is 0 Å². The number of hydrogen-bond donors (Lipinski definition) is 4. The van der Waals surface area contributed by atoms with Crippen molar-refractivity contribution in [1.29, 1.82) is 0 Å². The molecule has 0 saturated carbocycles. The molecule has 0 spiro atoms. The van der Waals surface area contributed by atoms with Crippen molar-refractivity contribution in [3.63, 3.8) is 0 Å². The van der Waals surface area contributed by atoms with E-state index < -0.39 is 29.8 Å². The molecule has 0 saturated heterocycles. The van der Waals surface area contributed by atoms with Crippen molar-refractivity contribution in [3.05, 3.63) is 33.8 Å². The van der Waals surface area contributed by atoms with Crippen molar-refractivity contribution < 1.29 is 24.2 Å². The molecular formula is C14H16N4O5. The summed E-state index contributed by atoms with van der Waals surface area (Å²) < 4.78 is 6.26. The maximum atomic E-state index is 12.5. The molecule has 1 amide bonds. The monoisotopic (exact) mass is 320 g/mol. The highest BCUT2D eigenvalue weighted by atomic mass is 16.5. The Balaban J connectivity index is 2.25. The Bertz CT molecular complexity index is 792. The van der Waals surface area contributed by atoms with Gasteiger partial charge in [-0.05, 0) is 6.92 Å². The van der Waals surface area contributed by atoms with Gasteiger partial charge in [-0.1, -0.05) is 0 Å². The number of Topliss-reactive ketones (excluding diaryl/α,β-unsaturated/α-hetero) is 2. The fourth-order valence-electron chi connectivity index (χ4n) is 3.11. The molecule has 0 unspecified atom stereocenters. The number of hydrogen-bond acceptors (Lipinski definition) is 7. The maximum Gasteiger partial charge on any atom is 0.404 e. The maximum absolute atomic E-state index is 12.5. The Labute approximate surface area is 130 Å². The number of aliphatic hydroxyl groups excluding tert-OH is 1. The van der Waals surface area contributed by atoms with Crippen molar-refractivity contribution in [2.75, 3.05) is 0 Å². The zero-order valence-corrected chi connectivity index (χ0v) is 12.3. The minimum atomic E-state index is -1.09. The van der Waals surface area contributed by atoms with Crippen LogP contribution in [0, 0.1) is 0 Å². The van der Waals surface area contributed by atoms with Crippen molar-refractivity contribution in [1.82, 2.24) is 4.57 Å². The van der Waals surface area contributed by atoms with Gasteiger partial charge in [-0.3, -0.25) is 9.59 Å². The summed E-state index contributed by atoms with van der Waals surface area (Å²) in [6.45, 7) is 1.28. The first kappa shape index (κ1) is 15.3. The molecule has 0 aromatic carbocycles. The van der Waals surface area contributed by atoms with Gasteiger partial charge in [0, 0.05) is 17.7 Å². The van der Waals surface area contributed by atoms with E-state index in [-0.39, 0.29) is 46.9 Å². The second-order valence-electron chi connectivity index (χ2n) is 5.61. The molecule has 2 heterocycles. The number of amides is 1. The highest BCUT2D eigenvalue weighted by molar-refractivity contribution is 6.26. The van der Waals surface area contributed by atoms with Crippen LogP contribution in [0.25, 0.3) is 0 Å². The predicted molar refractivity (Wildman–Crippen MR) is 77.3 cm³/mol. The van der Waals surface area contributed by atoms with Gasteiger partial charge in [0.1, 0.15) is 18.4 Å². The van der Waals surface area contributed by atoms with Crippen LogP contribution >= 0.6 is 0 Å². The van der Waals surface area contributed by atoms with Crippen LogP contribution in [0.1, 0.15) is 45.1 Å². The summed E-state index contributed by atoms with van der Waals surface area (Å²) in [6, 6.07) is -0.630. The summed E-state index contributed by atoms with van der Waals surface area (Å²) in [5.74, 6) is -0.951. The van der Waals surface area contributed by atoms with Crippen LogP contribution < -0.4 is 17.2 Å². The average Bonchev–Trinajstić information content (AvgIpc) is 2.96. The fraction of sp³-hybridized carbons (Fsp3) is 0.357. The van der Waals surface area contributed by atoms with E-state index in [1.54, 1.807) is 0 Å². The molecule has 0 bridgehead atoms. The van der Waals surface area contributed by atoms with Gasteiger partial charge < -0.3 is 31.6 Å². The Morgan fingerprint density at radius 3 is 2.65 bits per heavy atom. The lowest BCUT2D eigenvalue weighted by molar-refractivity contribution is 0.0964. The Kier molecular flexibility index (Phi) is 3.27. The number of aromatic nitrogens is 1. The number of aliphatic hydroxyl groups is 1. The summed E-state index contributed by atoms with van der Waals surface area (Å²) in [7, 11) is 0.